The maximum Gasteiger partial charge on any atom is 0.122 e. The van der Waals surface area contributed by atoms with Crippen molar-refractivity contribution in [2.75, 3.05) is 20.3 Å². The highest BCUT2D eigenvalue weighted by atomic mass is 16.5. The lowest BCUT2D eigenvalue weighted by Crippen LogP contribution is -2.37. The molecular formula is C15H26N2O2. The van der Waals surface area contributed by atoms with Crippen molar-refractivity contribution in [1.29, 1.82) is 0 Å². The lowest BCUT2D eigenvalue weighted by Gasteiger charge is -2.22. The van der Waals surface area contributed by atoms with Gasteiger partial charge in [-0.25, -0.2) is 0 Å². The summed E-state index contributed by atoms with van der Waals surface area (Å²) in [5.74, 6) is 1.38. The molecule has 0 aliphatic heterocycles. The summed E-state index contributed by atoms with van der Waals surface area (Å²) in [6.07, 6.45) is 0. The van der Waals surface area contributed by atoms with Gasteiger partial charge in [-0.2, -0.15) is 0 Å². The monoisotopic (exact) mass is 266 g/mol. The Morgan fingerprint density at radius 3 is 2.63 bits per heavy atom. The molecule has 0 amide bonds. The molecule has 0 aliphatic carbocycles. The first-order valence-corrected chi connectivity index (χ1v) is 6.89. The molecule has 4 heteroatoms. The zero-order valence-electron chi connectivity index (χ0n) is 12.7. The summed E-state index contributed by atoms with van der Waals surface area (Å²) in [7, 11) is 1.68. The van der Waals surface area contributed by atoms with Crippen LogP contribution >= 0.6 is 0 Å². The van der Waals surface area contributed by atoms with E-state index in [1.165, 1.54) is 0 Å². The standard InChI is InChI=1S/C15H26N2O2/c1-6-19-10-15(11(2)3)16-9-13-8-14(18-5)7-12(4)17-13/h7-8,11,15-16H,6,9-10H2,1-5H3. The van der Waals surface area contributed by atoms with Gasteiger partial charge in [0.15, 0.2) is 0 Å². The van der Waals surface area contributed by atoms with Crippen LogP contribution in [0.2, 0.25) is 0 Å². The molecule has 1 atom stereocenters. The molecule has 0 radical (unpaired) electrons. The molecule has 0 fully saturated rings. The van der Waals surface area contributed by atoms with Gasteiger partial charge < -0.3 is 14.8 Å². The Labute approximate surface area is 116 Å². The lowest BCUT2D eigenvalue weighted by atomic mass is 10.1. The molecule has 1 aromatic rings. The van der Waals surface area contributed by atoms with Crippen LogP contribution in [0.4, 0.5) is 0 Å². The predicted octanol–water partition coefficient (Wildman–Crippen LogP) is 2.55. The summed E-state index contributed by atoms with van der Waals surface area (Å²) in [5, 5.41) is 3.51. The average molecular weight is 266 g/mol. The van der Waals surface area contributed by atoms with Gasteiger partial charge in [0.25, 0.3) is 0 Å². The molecule has 1 rings (SSSR count). The smallest absolute Gasteiger partial charge is 0.122 e. The van der Waals surface area contributed by atoms with E-state index >= 15 is 0 Å². The van der Waals surface area contributed by atoms with Crippen molar-refractivity contribution >= 4 is 0 Å². The molecule has 0 saturated heterocycles. The second-order valence-corrected chi connectivity index (χ2v) is 5.03. The highest BCUT2D eigenvalue weighted by Gasteiger charge is 2.13. The van der Waals surface area contributed by atoms with E-state index in [1.807, 2.05) is 26.0 Å². The maximum atomic E-state index is 5.51. The maximum absolute atomic E-state index is 5.51. The van der Waals surface area contributed by atoms with Crippen LogP contribution < -0.4 is 10.1 Å². The fraction of sp³-hybridized carbons (Fsp3) is 0.667. The number of pyridine rings is 1. The van der Waals surface area contributed by atoms with Gasteiger partial charge in [0.05, 0.1) is 19.4 Å². The van der Waals surface area contributed by atoms with E-state index in [0.717, 1.165) is 36.9 Å². The molecule has 108 valence electrons. The van der Waals surface area contributed by atoms with Crippen molar-refractivity contribution in [2.45, 2.75) is 40.3 Å². The highest BCUT2D eigenvalue weighted by Crippen LogP contribution is 2.13. The Hall–Kier alpha value is -1.13. The number of aryl methyl sites for hydroxylation is 1. The van der Waals surface area contributed by atoms with Crippen LogP contribution in [-0.2, 0) is 11.3 Å². The number of hydrogen-bond donors (Lipinski definition) is 1. The molecule has 19 heavy (non-hydrogen) atoms. The van der Waals surface area contributed by atoms with E-state index in [-0.39, 0.29) is 0 Å². The molecule has 1 unspecified atom stereocenters. The molecule has 0 aromatic carbocycles. The molecule has 1 aromatic heterocycles. The van der Waals surface area contributed by atoms with E-state index in [1.54, 1.807) is 7.11 Å². The number of hydrogen-bond acceptors (Lipinski definition) is 4. The van der Waals surface area contributed by atoms with Crippen molar-refractivity contribution in [3.05, 3.63) is 23.5 Å². The second-order valence-electron chi connectivity index (χ2n) is 5.03. The Bertz CT molecular complexity index is 380. The Kier molecular flexibility index (Phi) is 6.81. The number of aromatic nitrogens is 1. The topological polar surface area (TPSA) is 43.4 Å². The van der Waals surface area contributed by atoms with E-state index in [2.05, 4.69) is 24.1 Å². The van der Waals surface area contributed by atoms with E-state index in [9.17, 15) is 0 Å². The van der Waals surface area contributed by atoms with E-state index in [0.29, 0.717) is 12.0 Å². The third-order valence-corrected chi connectivity index (χ3v) is 3.07. The summed E-state index contributed by atoms with van der Waals surface area (Å²) >= 11 is 0. The average Bonchev–Trinajstić information content (AvgIpc) is 2.37. The van der Waals surface area contributed by atoms with Gasteiger partial charge in [0.1, 0.15) is 5.75 Å². The summed E-state index contributed by atoms with van der Waals surface area (Å²) < 4.78 is 10.8. The number of nitrogens with zero attached hydrogens (tertiary/aromatic N) is 1. The van der Waals surface area contributed by atoms with Crippen molar-refractivity contribution < 1.29 is 9.47 Å². The minimum atomic E-state index is 0.341. The fourth-order valence-electron chi connectivity index (χ4n) is 1.88. The SMILES string of the molecule is CCOCC(NCc1cc(OC)cc(C)n1)C(C)C. The molecule has 1 heterocycles. The first kappa shape index (κ1) is 15.9. The van der Waals surface area contributed by atoms with Crippen LogP contribution in [0.1, 0.15) is 32.2 Å². The van der Waals surface area contributed by atoms with Crippen LogP contribution in [0.5, 0.6) is 5.75 Å². The van der Waals surface area contributed by atoms with Crippen molar-refractivity contribution in [2.24, 2.45) is 5.92 Å². The van der Waals surface area contributed by atoms with Gasteiger partial charge in [0.2, 0.25) is 0 Å². The second kappa shape index (κ2) is 8.12. The van der Waals surface area contributed by atoms with Gasteiger partial charge in [-0.15, -0.1) is 0 Å². The van der Waals surface area contributed by atoms with Crippen LogP contribution in [0.15, 0.2) is 12.1 Å². The molecular weight excluding hydrogens is 240 g/mol. The molecule has 0 saturated carbocycles. The van der Waals surface area contributed by atoms with E-state index < -0.39 is 0 Å². The van der Waals surface area contributed by atoms with Crippen molar-refractivity contribution in [3.8, 4) is 5.75 Å². The fourth-order valence-corrected chi connectivity index (χ4v) is 1.88. The first-order valence-electron chi connectivity index (χ1n) is 6.89. The Balaban J connectivity index is 2.60. The molecule has 1 N–H and O–H groups in total. The van der Waals surface area contributed by atoms with Crippen molar-refractivity contribution in [1.82, 2.24) is 10.3 Å². The summed E-state index contributed by atoms with van der Waals surface area (Å²) in [4.78, 5) is 4.51. The van der Waals surface area contributed by atoms with Crippen LogP contribution in [0.3, 0.4) is 0 Å². The van der Waals surface area contributed by atoms with Crippen molar-refractivity contribution in [3.63, 3.8) is 0 Å². The first-order chi connectivity index (χ1) is 9.06. The molecule has 0 bridgehead atoms. The number of nitrogens with one attached hydrogen (secondary N) is 1. The summed E-state index contributed by atoms with van der Waals surface area (Å²) in [6.45, 7) is 10.6. The van der Waals surface area contributed by atoms with Gasteiger partial charge in [-0.05, 0) is 19.8 Å². The third-order valence-electron chi connectivity index (χ3n) is 3.07. The minimum Gasteiger partial charge on any atom is -0.497 e. The van der Waals surface area contributed by atoms with E-state index in [4.69, 9.17) is 9.47 Å². The largest absolute Gasteiger partial charge is 0.497 e. The zero-order chi connectivity index (χ0) is 14.3. The van der Waals surface area contributed by atoms with Gasteiger partial charge in [0, 0.05) is 37.0 Å². The van der Waals surface area contributed by atoms with Gasteiger partial charge >= 0.3 is 0 Å². The highest BCUT2D eigenvalue weighted by molar-refractivity contribution is 5.26. The quantitative estimate of drug-likeness (QED) is 0.785. The third kappa shape index (κ3) is 5.57. The van der Waals surface area contributed by atoms with Gasteiger partial charge in [-0.1, -0.05) is 13.8 Å². The zero-order valence-corrected chi connectivity index (χ0v) is 12.7. The van der Waals surface area contributed by atoms with Gasteiger partial charge in [-0.3, -0.25) is 4.98 Å². The Morgan fingerprint density at radius 1 is 1.32 bits per heavy atom. The van der Waals surface area contributed by atoms with Crippen LogP contribution in [0, 0.1) is 12.8 Å². The van der Waals surface area contributed by atoms with Crippen LogP contribution in [0.25, 0.3) is 0 Å². The number of ether oxygens (including phenoxy) is 2. The molecule has 0 aliphatic rings. The lowest BCUT2D eigenvalue weighted by molar-refractivity contribution is 0.107. The van der Waals surface area contributed by atoms with Crippen LogP contribution in [-0.4, -0.2) is 31.3 Å². The number of rotatable bonds is 8. The normalized spacial score (nSPS) is 12.7. The number of methoxy groups -OCH3 is 1. The predicted molar refractivity (Wildman–Crippen MR) is 77.5 cm³/mol. The molecule has 0 spiro atoms. The summed E-state index contributed by atoms with van der Waals surface area (Å²) in [5.41, 5.74) is 1.97. The Morgan fingerprint density at radius 2 is 2.05 bits per heavy atom. The minimum absolute atomic E-state index is 0.341. The molecule has 4 nitrogen and oxygen atoms in total. The summed E-state index contributed by atoms with van der Waals surface area (Å²) in [6, 6.07) is 4.25.